The summed E-state index contributed by atoms with van der Waals surface area (Å²) in [5.41, 5.74) is 0. The number of unbranched alkanes of at least 4 members (excludes halogenated alkanes) is 1. The van der Waals surface area contributed by atoms with Gasteiger partial charge in [-0.1, -0.05) is 24.7 Å². The number of anilines is 1. The molecule has 1 atom stereocenters. The number of hydrogen-bond donors (Lipinski definition) is 0. The van der Waals surface area contributed by atoms with Crippen molar-refractivity contribution in [2.24, 2.45) is 5.92 Å². The number of piperidine rings is 1. The fourth-order valence-corrected chi connectivity index (χ4v) is 4.13. The highest BCUT2D eigenvalue weighted by Crippen LogP contribution is 2.28. The van der Waals surface area contributed by atoms with E-state index in [1.54, 1.807) is 11.3 Å². The molecule has 0 aromatic carbocycles. The van der Waals surface area contributed by atoms with Crippen LogP contribution in [-0.2, 0) is 4.79 Å². The lowest BCUT2D eigenvalue weighted by Gasteiger charge is -2.34. The van der Waals surface area contributed by atoms with E-state index in [1.807, 2.05) is 34.0 Å². The number of nitrogens with zero attached hydrogens (tertiary/aromatic N) is 5. The van der Waals surface area contributed by atoms with E-state index in [2.05, 4.69) is 28.9 Å². The Labute approximate surface area is 153 Å². The molecule has 1 saturated heterocycles. The van der Waals surface area contributed by atoms with Gasteiger partial charge in [0.15, 0.2) is 0 Å². The molecule has 7 heteroatoms. The molecule has 1 amide bonds. The summed E-state index contributed by atoms with van der Waals surface area (Å²) >= 11 is 1.58. The standard InChI is InChI=1S/C18H27N5OS/c1-3-5-10-21(4-2)16(24)15-9-8-13-23(14-15)18-20-19-17(25-18)22-11-6-7-12-22/h6-7,11-12,15H,3-5,8-10,13-14H2,1-2H3. The zero-order chi connectivity index (χ0) is 17.6. The van der Waals surface area contributed by atoms with Crippen LogP contribution in [0.4, 0.5) is 5.13 Å². The molecule has 0 saturated carbocycles. The first-order valence-electron chi connectivity index (χ1n) is 9.23. The summed E-state index contributed by atoms with van der Waals surface area (Å²) < 4.78 is 1.97. The minimum atomic E-state index is 0.0736. The lowest BCUT2D eigenvalue weighted by molar-refractivity contribution is -0.135. The molecule has 1 aliphatic rings. The molecule has 0 radical (unpaired) electrons. The van der Waals surface area contributed by atoms with Crippen molar-refractivity contribution >= 4 is 22.4 Å². The quantitative estimate of drug-likeness (QED) is 0.760. The van der Waals surface area contributed by atoms with Gasteiger partial charge in [-0.05, 0) is 38.3 Å². The van der Waals surface area contributed by atoms with Crippen LogP contribution in [0.15, 0.2) is 24.5 Å². The highest BCUT2D eigenvalue weighted by Gasteiger charge is 2.30. The molecule has 0 aliphatic carbocycles. The second kappa shape index (κ2) is 8.47. The summed E-state index contributed by atoms with van der Waals surface area (Å²) in [6.45, 7) is 7.61. The Bertz CT molecular complexity index is 669. The maximum atomic E-state index is 12.9. The van der Waals surface area contributed by atoms with Crippen molar-refractivity contribution in [1.29, 1.82) is 0 Å². The van der Waals surface area contributed by atoms with Crippen LogP contribution in [0.25, 0.3) is 5.13 Å². The second-order valence-corrected chi connectivity index (χ2v) is 7.45. The van der Waals surface area contributed by atoms with E-state index in [1.165, 1.54) is 0 Å². The van der Waals surface area contributed by atoms with Crippen LogP contribution in [0, 0.1) is 5.92 Å². The van der Waals surface area contributed by atoms with E-state index in [9.17, 15) is 4.79 Å². The smallest absolute Gasteiger partial charge is 0.227 e. The fourth-order valence-electron chi connectivity index (χ4n) is 3.29. The molecule has 25 heavy (non-hydrogen) atoms. The van der Waals surface area contributed by atoms with E-state index in [0.717, 1.165) is 62.1 Å². The van der Waals surface area contributed by atoms with Gasteiger partial charge in [0, 0.05) is 38.6 Å². The highest BCUT2D eigenvalue weighted by molar-refractivity contribution is 7.17. The molecule has 3 heterocycles. The number of hydrogen-bond acceptors (Lipinski definition) is 5. The molecule has 2 aromatic rings. The maximum absolute atomic E-state index is 12.9. The lowest BCUT2D eigenvalue weighted by atomic mass is 9.96. The Hall–Kier alpha value is -1.89. The van der Waals surface area contributed by atoms with Gasteiger partial charge in [-0.3, -0.25) is 9.36 Å². The molecule has 6 nitrogen and oxygen atoms in total. The number of aromatic nitrogens is 3. The van der Waals surface area contributed by atoms with Crippen LogP contribution in [-0.4, -0.2) is 51.8 Å². The van der Waals surface area contributed by atoms with Crippen molar-refractivity contribution in [2.45, 2.75) is 39.5 Å². The van der Waals surface area contributed by atoms with Crippen molar-refractivity contribution in [3.05, 3.63) is 24.5 Å². The third-order valence-corrected chi connectivity index (χ3v) is 5.74. The van der Waals surface area contributed by atoms with Gasteiger partial charge >= 0.3 is 0 Å². The van der Waals surface area contributed by atoms with Crippen LogP contribution in [0.3, 0.4) is 0 Å². The molecular weight excluding hydrogens is 334 g/mol. The Morgan fingerprint density at radius 3 is 2.76 bits per heavy atom. The number of amides is 1. The number of rotatable bonds is 7. The Morgan fingerprint density at radius 1 is 1.28 bits per heavy atom. The average molecular weight is 362 g/mol. The molecule has 0 N–H and O–H groups in total. The van der Waals surface area contributed by atoms with Gasteiger partial charge in [0.1, 0.15) is 0 Å². The summed E-state index contributed by atoms with van der Waals surface area (Å²) in [7, 11) is 0. The highest BCUT2D eigenvalue weighted by atomic mass is 32.1. The van der Waals surface area contributed by atoms with Gasteiger partial charge < -0.3 is 9.80 Å². The topological polar surface area (TPSA) is 54.3 Å². The molecule has 1 fully saturated rings. The van der Waals surface area contributed by atoms with Gasteiger partial charge in [0.25, 0.3) is 0 Å². The first kappa shape index (κ1) is 17.9. The Balaban J connectivity index is 1.65. The minimum absolute atomic E-state index is 0.0736. The van der Waals surface area contributed by atoms with Crippen LogP contribution in [0.2, 0.25) is 0 Å². The van der Waals surface area contributed by atoms with Crippen LogP contribution in [0.5, 0.6) is 0 Å². The molecular formula is C18H27N5OS. The fraction of sp³-hybridized carbons (Fsp3) is 0.611. The predicted molar refractivity (Wildman–Crippen MR) is 101 cm³/mol. The predicted octanol–water partition coefficient (Wildman–Crippen LogP) is 3.19. The van der Waals surface area contributed by atoms with Gasteiger partial charge in [0.2, 0.25) is 16.2 Å². The van der Waals surface area contributed by atoms with E-state index in [-0.39, 0.29) is 5.92 Å². The summed E-state index contributed by atoms with van der Waals surface area (Å²) in [4.78, 5) is 17.1. The normalized spacial score (nSPS) is 17.7. The van der Waals surface area contributed by atoms with Crippen molar-refractivity contribution in [3.63, 3.8) is 0 Å². The van der Waals surface area contributed by atoms with Crippen LogP contribution < -0.4 is 4.90 Å². The third kappa shape index (κ3) is 4.21. The van der Waals surface area contributed by atoms with Crippen molar-refractivity contribution in [2.75, 3.05) is 31.1 Å². The van der Waals surface area contributed by atoms with Crippen LogP contribution in [0.1, 0.15) is 39.5 Å². The van der Waals surface area contributed by atoms with Crippen molar-refractivity contribution in [1.82, 2.24) is 19.7 Å². The largest absolute Gasteiger partial charge is 0.346 e. The minimum Gasteiger partial charge on any atom is -0.346 e. The van der Waals surface area contributed by atoms with E-state index >= 15 is 0 Å². The molecule has 136 valence electrons. The molecule has 2 aromatic heterocycles. The summed E-state index contributed by atoms with van der Waals surface area (Å²) in [5, 5.41) is 10.4. The maximum Gasteiger partial charge on any atom is 0.227 e. The lowest BCUT2D eigenvalue weighted by Crippen LogP contribution is -2.45. The van der Waals surface area contributed by atoms with Gasteiger partial charge in [0.05, 0.1) is 5.92 Å². The summed E-state index contributed by atoms with van der Waals surface area (Å²) in [6, 6.07) is 3.96. The molecule has 3 rings (SSSR count). The zero-order valence-electron chi connectivity index (χ0n) is 15.1. The molecule has 1 unspecified atom stereocenters. The second-order valence-electron chi connectivity index (χ2n) is 6.51. The third-order valence-electron chi connectivity index (χ3n) is 4.75. The van der Waals surface area contributed by atoms with Gasteiger partial charge in [-0.15, -0.1) is 10.2 Å². The van der Waals surface area contributed by atoms with Gasteiger partial charge in [-0.2, -0.15) is 0 Å². The van der Waals surface area contributed by atoms with Crippen LogP contribution >= 0.6 is 11.3 Å². The van der Waals surface area contributed by atoms with Gasteiger partial charge in [-0.25, -0.2) is 0 Å². The van der Waals surface area contributed by atoms with E-state index in [4.69, 9.17) is 0 Å². The molecule has 1 aliphatic heterocycles. The number of carbonyl (C=O) groups excluding carboxylic acids is 1. The Kier molecular flexibility index (Phi) is 6.07. The summed E-state index contributed by atoms with van der Waals surface area (Å²) in [5.74, 6) is 0.375. The monoisotopic (exact) mass is 361 g/mol. The average Bonchev–Trinajstić information content (AvgIpc) is 3.33. The number of carbonyl (C=O) groups is 1. The molecule has 0 bridgehead atoms. The molecule has 0 spiro atoms. The SMILES string of the molecule is CCCCN(CC)C(=O)C1CCCN(c2nnc(-n3cccc3)s2)C1. The van der Waals surface area contributed by atoms with E-state index < -0.39 is 0 Å². The summed E-state index contributed by atoms with van der Waals surface area (Å²) in [6.07, 6.45) is 8.14. The van der Waals surface area contributed by atoms with Crippen molar-refractivity contribution in [3.8, 4) is 5.13 Å². The van der Waals surface area contributed by atoms with E-state index in [0.29, 0.717) is 5.91 Å². The zero-order valence-corrected chi connectivity index (χ0v) is 15.9. The Morgan fingerprint density at radius 2 is 2.04 bits per heavy atom. The first-order chi connectivity index (χ1) is 12.2. The van der Waals surface area contributed by atoms with Crippen molar-refractivity contribution < 1.29 is 4.79 Å². The first-order valence-corrected chi connectivity index (χ1v) is 10.0.